The van der Waals surface area contributed by atoms with Crippen molar-refractivity contribution >= 4 is 37.8 Å². The van der Waals surface area contributed by atoms with Gasteiger partial charge in [0.05, 0.1) is 16.8 Å². The van der Waals surface area contributed by atoms with Crippen molar-refractivity contribution in [3.05, 3.63) is 51.5 Å². The fourth-order valence-electron chi connectivity index (χ4n) is 2.68. The van der Waals surface area contributed by atoms with Crippen LogP contribution in [0.3, 0.4) is 0 Å². The molecule has 0 aliphatic carbocycles. The van der Waals surface area contributed by atoms with Crippen molar-refractivity contribution < 1.29 is 13.9 Å². The molecule has 0 saturated carbocycles. The molecule has 0 aliphatic heterocycles. The van der Waals surface area contributed by atoms with Crippen molar-refractivity contribution in [2.24, 2.45) is 0 Å². The van der Waals surface area contributed by atoms with E-state index in [2.05, 4.69) is 31.9 Å². The van der Waals surface area contributed by atoms with E-state index in [4.69, 9.17) is 4.74 Å². The molecule has 2 rings (SSSR count). The third kappa shape index (κ3) is 3.59. The van der Waals surface area contributed by atoms with Gasteiger partial charge in [0, 0.05) is 22.3 Å². The maximum absolute atomic E-state index is 13.3. The number of carbonyl (C=O) groups is 1. The van der Waals surface area contributed by atoms with Crippen LogP contribution in [0.5, 0.6) is 0 Å². The molecule has 0 fully saturated rings. The first-order valence-electron chi connectivity index (χ1n) is 7.64. The van der Waals surface area contributed by atoms with Gasteiger partial charge in [0.2, 0.25) is 0 Å². The molecule has 0 saturated heterocycles. The van der Waals surface area contributed by atoms with E-state index in [1.807, 2.05) is 25.3 Å². The molecule has 6 heteroatoms. The minimum Gasteiger partial charge on any atom is -0.462 e. The van der Waals surface area contributed by atoms with Gasteiger partial charge in [-0.1, -0.05) is 36.7 Å². The van der Waals surface area contributed by atoms with Gasteiger partial charge in [0.15, 0.2) is 0 Å². The first-order chi connectivity index (χ1) is 11.2. The van der Waals surface area contributed by atoms with Crippen LogP contribution in [0.4, 0.5) is 4.39 Å². The van der Waals surface area contributed by atoms with E-state index in [9.17, 15) is 9.18 Å². The Labute approximate surface area is 158 Å². The number of hydrogen-bond acceptors (Lipinski definition) is 2. The Kier molecular flexibility index (Phi) is 5.91. The zero-order valence-corrected chi connectivity index (χ0v) is 17.3. The Morgan fingerprint density at radius 3 is 2.29 bits per heavy atom. The number of ether oxygens (including phenoxy) is 1. The van der Waals surface area contributed by atoms with Crippen molar-refractivity contribution in [1.29, 1.82) is 0 Å². The van der Waals surface area contributed by atoms with E-state index in [-0.39, 0.29) is 17.2 Å². The van der Waals surface area contributed by atoms with Crippen LogP contribution in [0.2, 0.25) is 0 Å². The second kappa shape index (κ2) is 7.40. The summed E-state index contributed by atoms with van der Waals surface area (Å²) in [5.74, 6) is -0.650. The van der Waals surface area contributed by atoms with Gasteiger partial charge in [-0.3, -0.25) is 0 Å². The summed E-state index contributed by atoms with van der Waals surface area (Å²) in [5.41, 5.74) is 2.70. The Morgan fingerprint density at radius 1 is 1.25 bits per heavy atom. The maximum atomic E-state index is 13.3. The van der Waals surface area contributed by atoms with Gasteiger partial charge in [-0.15, -0.1) is 0 Å². The minimum atomic E-state index is -0.349. The first kappa shape index (κ1) is 19.2. The number of hydrogen-bond donors (Lipinski definition) is 0. The molecule has 0 spiro atoms. The maximum Gasteiger partial charge on any atom is 0.340 e. The molecule has 0 radical (unpaired) electrons. The van der Waals surface area contributed by atoms with E-state index in [1.54, 1.807) is 19.1 Å². The molecule has 1 heterocycles. The summed E-state index contributed by atoms with van der Waals surface area (Å²) >= 11 is 7.13. The Hall–Kier alpha value is -1.14. The molecular weight excluding hydrogens is 441 g/mol. The van der Waals surface area contributed by atoms with Crippen LogP contribution < -0.4 is 0 Å². The molecule has 24 heavy (non-hydrogen) atoms. The van der Waals surface area contributed by atoms with Gasteiger partial charge in [-0.25, -0.2) is 9.18 Å². The predicted octanol–water partition coefficient (Wildman–Crippen LogP) is 5.75. The number of nitrogens with zero attached hydrogens (tertiary/aromatic N) is 1. The summed E-state index contributed by atoms with van der Waals surface area (Å²) in [6.07, 6.45) is 0. The second-order valence-electron chi connectivity index (χ2n) is 6.40. The average molecular weight is 461 g/mol. The number of alkyl halides is 1. The summed E-state index contributed by atoms with van der Waals surface area (Å²) < 4.78 is 21.3. The van der Waals surface area contributed by atoms with Crippen LogP contribution in [-0.2, 0) is 15.5 Å². The zero-order valence-electron chi connectivity index (χ0n) is 14.1. The lowest BCUT2D eigenvalue weighted by Crippen LogP contribution is -2.18. The second-order valence-corrected chi connectivity index (χ2v) is 7.72. The van der Waals surface area contributed by atoms with Gasteiger partial charge in [0.1, 0.15) is 5.82 Å². The average Bonchev–Trinajstić information content (AvgIpc) is 2.81. The van der Waals surface area contributed by atoms with Gasteiger partial charge < -0.3 is 9.30 Å². The Bertz CT molecular complexity index is 746. The SMILES string of the molecule is CCOC(=O)c1c(C(C)(C)C)c(Br)n(-c2ccc(F)cc2)c1CBr. The summed E-state index contributed by atoms with van der Waals surface area (Å²) in [6.45, 7) is 8.23. The molecule has 0 amide bonds. The molecule has 0 N–H and O–H groups in total. The number of rotatable bonds is 4. The lowest BCUT2D eigenvalue weighted by molar-refractivity contribution is 0.0523. The van der Waals surface area contributed by atoms with E-state index in [0.29, 0.717) is 17.5 Å². The number of aromatic nitrogens is 1. The lowest BCUT2D eigenvalue weighted by Gasteiger charge is -2.20. The smallest absolute Gasteiger partial charge is 0.340 e. The third-order valence-electron chi connectivity index (χ3n) is 3.65. The fourth-order valence-corrected chi connectivity index (χ4v) is 4.43. The minimum absolute atomic E-state index is 0.275. The molecule has 0 atom stereocenters. The fraction of sp³-hybridized carbons (Fsp3) is 0.389. The number of benzene rings is 1. The highest BCUT2D eigenvalue weighted by molar-refractivity contribution is 9.10. The summed E-state index contributed by atoms with van der Waals surface area (Å²) in [6, 6.07) is 6.18. The van der Waals surface area contributed by atoms with Crippen LogP contribution in [-0.4, -0.2) is 17.1 Å². The zero-order chi connectivity index (χ0) is 18.1. The van der Waals surface area contributed by atoms with Crippen LogP contribution in [0.1, 0.15) is 49.3 Å². The summed E-state index contributed by atoms with van der Waals surface area (Å²) in [5, 5.41) is 0.465. The molecule has 2 aromatic rings. The Morgan fingerprint density at radius 2 is 1.83 bits per heavy atom. The van der Waals surface area contributed by atoms with Crippen LogP contribution in [0.25, 0.3) is 5.69 Å². The highest BCUT2D eigenvalue weighted by Gasteiger charge is 2.33. The predicted molar refractivity (Wildman–Crippen MR) is 101 cm³/mol. The monoisotopic (exact) mass is 459 g/mol. The van der Waals surface area contributed by atoms with Gasteiger partial charge >= 0.3 is 5.97 Å². The first-order valence-corrected chi connectivity index (χ1v) is 9.56. The molecule has 1 aromatic heterocycles. The molecule has 1 aromatic carbocycles. The Balaban J connectivity index is 2.81. The van der Waals surface area contributed by atoms with E-state index in [0.717, 1.165) is 21.5 Å². The van der Waals surface area contributed by atoms with Crippen molar-refractivity contribution in [3.63, 3.8) is 0 Å². The number of carbonyl (C=O) groups excluding carboxylic acids is 1. The van der Waals surface area contributed by atoms with Crippen molar-refractivity contribution in [3.8, 4) is 5.69 Å². The van der Waals surface area contributed by atoms with Crippen LogP contribution >= 0.6 is 31.9 Å². The highest BCUT2D eigenvalue weighted by Crippen LogP contribution is 2.40. The molecule has 130 valence electrons. The van der Waals surface area contributed by atoms with E-state index in [1.165, 1.54) is 12.1 Å². The van der Waals surface area contributed by atoms with Crippen molar-refractivity contribution in [1.82, 2.24) is 4.57 Å². The lowest BCUT2D eigenvalue weighted by atomic mass is 9.86. The van der Waals surface area contributed by atoms with Gasteiger partial charge in [0.25, 0.3) is 0 Å². The summed E-state index contributed by atoms with van der Waals surface area (Å²) in [7, 11) is 0. The molecule has 3 nitrogen and oxygen atoms in total. The van der Waals surface area contributed by atoms with Gasteiger partial charge in [-0.2, -0.15) is 0 Å². The van der Waals surface area contributed by atoms with Crippen molar-refractivity contribution in [2.75, 3.05) is 6.61 Å². The van der Waals surface area contributed by atoms with E-state index >= 15 is 0 Å². The van der Waals surface area contributed by atoms with E-state index < -0.39 is 0 Å². The summed E-state index contributed by atoms with van der Waals surface area (Å²) in [4.78, 5) is 12.6. The normalized spacial score (nSPS) is 11.6. The molecular formula is C18H20Br2FNO2. The molecule has 0 unspecified atom stereocenters. The molecule has 0 bridgehead atoms. The molecule has 0 aliphatic rings. The standard InChI is InChI=1S/C18H20Br2FNO2/c1-5-24-17(23)14-13(10-19)22(12-8-6-11(21)7-9-12)16(20)15(14)18(2,3)4/h6-9H,5,10H2,1-4H3. The largest absolute Gasteiger partial charge is 0.462 e. The van der Waals surface area contributed by atoms with Gasteiger partial charge in [-0.05, 0) is 52.5 Å². The van der Waals surface area contributed by atoms with Crippen LogP contribution in [0, 0.1) is 5.82 Å². The number of esters is 1. The quantitative estimate of drug-likeness (QED) is 0.429. The van der Waals surface area contributed by atoms with Crippen molar-refractivity contribution in [2.45, 2.75) is 38.4 Å². The topological polar surface area (TPSA) is 31.2 Å². The highest BCUT2D eigenvalue weighted by atomic mass is 79.9. The number of halogens is 3. The van der Waals surface area contributed by atoms with Crippen LogP contribution in [0.15, 0.2) is 28.9 Å². The third-order valence-corrected chi connectivity index (χ3v) is 4.93.